The van der Waals surface area contributed by atoms with Gasteiger partial charge in [-0.1, -0.05) is 39.5 Å². The van der Waals surface area contributed by atoms with Gasteiger partial charge in [0.25, 0.3) is 0 Å². The van der Waals surface area contributed by atoms with Crippen molar-refractivity contribution >= 4 is 0 Å². The van der Waals surface area contributed by atoms with Crippen LogP contribution in [-0.2, 0) is 19.5 Å². The fraction of sp³-hybridized carbons (Fsp3) is 0.167. The second-order valence-electron chi connectivity index (χ2n) is 16.8. The molecule has 0 N–H and O–H groups in total. The molecule has 0 saturated carbocycles. The van der Waals surface area contributed by atoms with E-state index in [1.54, 1.807) is 28.4 Å². The van der Waals surface area contributed by atoms with Crippen LogP contribution in [0.3, 0.4) is 0 Å². The van der Waals surface area contributed by atoms with Crippen LogP contribution in [0.5, 0.6) is 28.7 Å². The van der Waals surface area contributed by atoms with E-state index in [0.29, 0.717) is 0 Å². The molecule has 11 nitrogen and oxygen atoms in total. The molecule has 0 amide bonds. The van der Waals surface area contributed by atoms with E-state index in [1.807, 2.05) is 97.1 Å². The van der Waals surface area contributed by atoms with E-state index in [2.05, 4.69) is 62.4 Å². The molecule has 0 atom stereocenters. The average Bonchev–Trinajstić information content (AvgIpc) is 4.33. The maximum atomic E-state index is 12.1. The van der Waals surface area contributed by atoms with Crippen molar-refractivity contribution in [3.05, 3.63) is 271 Å². The van der Waals surface area contributed by atoms with Gasteiger partial charge in [0.15, 0.2) is 23.3 Å². The number of nitroso groups, excluding NO2 is 1. The second kappa shape index (κ2) is 26.7. The summed E-state index contributed by atoms with van der Waals surface area (Å²) in [5, 5.41) is 10.2. The Morgan fingerprint density at radius 2 is 0.592 bits per heavy atom. The fourth-order valence-corrected chi connectivity index (χ4v) is 8.35. The standard InChI is InChI=1S/C48H36N4O4.C6H2F4O.C6H14.NO.Ru/c1-53-33-13-5-29(6-14-33)45-37-21-23-39(49-37)46(30-7-15-34(54-2)16-8-30)41-25-27-43(51-41)48(32-11-19-36(56-4)20-12-32)44-28-26-42(52-44)47(40-24-22-38(45)50-40)31-9-17-35(55-3)18-10-31;7-2-1-3(8)5(10)6(11)4(2)9;1-3-5-6-4-2;1-2;/h5-28H,1-4H3;1,11H;3-6H2,1-2H3;;/q;;;;+1/p-1. The molecule has 0 aliphatic carbocycles. The summed E-state index contributed by atoms with van der Waals surface area (Å²) in [6, 6.07) is 48.5. The first-order chi connectivity index (χ1) is 36.5. The van der Waals surface area contributed by atoms with E-state index in [0.717, 1.165) is 114 Å². The molecule has 9 aromatic rings. The molecule has 10 rings (SSSR count). The Morgan fingerprint density at radius 3 is 0.763 bits per heavy atom. The number of halogens is 4. The topological polar surface area (TPSA) is 156 Å². The van der Waals surface area contributed by atoms with E-state index in [9.17, 15) is 22.7 Å². The monoisotopic (exact) mass is 1120 g/mol. The Bertz CT molecular complexity index is 2750. The molecule has 16 heteroatoms. The van der Waals surface area contributed by atoms with Crippen molar-refractivity contribution in [3.63, 3.8) is 0 Å². The maximum Gasteiger partial charge on any atom is 1.00 e. The van der Waals surface area contributed by atoms with Gasteiger partial charge in [0.1, 0.15) is 28.6 Å². The minimum atomic E-state index is -1.90. The number of unbranched alkanes of at least 4 members (excludes halogenated alkanes) is 3. The number of ether oxygens (including phenoxy) is 4. The zero-order valence-corrected chi connectivity index (χ0v) is 44.1. The largest absolute Gasteiger partial charge is 1.00 e. The Kier molecular flexibility index (Phi) is 20.0. The van der Waals surface area contributed by atoms with Crippen molar-refractivity contribution in [1.29, 1.82) is 0 Å². The summed E-state index contributed by atoms with van der Waals surface area (Å²) < 4.78 is 70.3. The van der Waals surface area contributed by atoms with Crippen molar-refractivity contribution in [1.82, 2.24) is 25.5 Å². The van der Waals surface area contributed by atoms with E-state index >= 15 is 0 Å². The van der Waals surface area contributed by atoms with Crippen LogP contribution in [0.25, 0.3) is 0 Å². The Labute approximate surface area is 452 Å². The van der Waals surface area contributed by atoms with Crippen molar-refractivity contribution in [3.8, 4) is 28.7 Å². The van der Waals surface area contributed by atoms with Gasteiger partial charge in [-0.2, -0.15) is 0 Å². The Morgan fingerprint density at radius 1 is 0.395 bits per heavy atom. The Balaban J connectivity index is 0.000000400. The summed E-state index contributed by atoms with van der Waals surface area (Å²) in [5.41, 5.74) is 15.8. The van der Waals surface area contributed by atoms with Crippen molar-refractivity contribution in [2.75, 3.05) is 28.4 Å². The third-order valence-electron chi connectivity index (χ3n) is 12.2. The predicted octanol–water partition coefficient (Wildman–Crippen LogP) is 11.4. The van der Waals surface area contributed by atoms with Gasteiger partial charge in [-0.05, 0) is 51.3 Å². The van der Waals surface area contributed by atoms with Crippen LogP contribution in [0, 0.1) is 51.8 Å². The zero-order valence-electron chi connectivity index (χ0n) is 42.3. The van der Waals surface area contributed by atoms with E-state index in [-0.39, 0.29) is 25.5 Å². The fourth-order valence-electron chi connectivity index (χ4n) is 8.35. The number of benzene rings is 5. The van der Waals surface area contributed by atoms with Gasteiger partial charge < -0.3 is 44.0 Å². The van der Waals surface area contributed by atoms with Crippen molar-refractivity contribution in [2.45, 2.75) is 39.5 Å². The molecule has 76 heavy (non-hydrogen) atoms. The van der Waals surface area contributed by atoms with Gasteiger partial charge in [0, 0.05) is 175 Å². The summed E-state index contributed by atoms with van der Waals surface area (Å²) in [5.74, 6) is -2.43. The molecule has 5 heterocycles. The first kappa shape index (κ1) is 56.9. The van der Waals surface area contributed by atoms with Crippen LogP contribution >= 0.6 is 0 Å². The molecule has 1 aliphatic heterocycles. The van der Waals surface area contributed by atoms with Gasteiger partial charge in [-0.3, -0.25) is 0 Å². The molecule has 2 radical (unpaired) electrons. The van der Waals surface area contributed by atoms with Gasteiger partial charge in [0.2, 0.25) is 0 Å². The SMILES string of the molecule is CCCCCC.COc1ccc([C+]2c3ccc([n-]3)[C+](c3ccc(OC)cc3)c3ccc([n-]3)[C+](c3ccc(OC)cc3)c3ccc([n-]3)[C+](c3ccc(OC)cc3)c3ccc2[n-]3)cc1.[N]=O.[O-]c1c(F)c(F)cc(F)c1F.[Ru+]. The maximum absolute atomic E-state index is 12.1. The first-order valence-corrected chi connectivity index (χ1v) is 23.8. The molecule has 388 valence electrons. The first-order valence-electron chi connectivity index (χ1n) is 23.8. The Hall–Kier alpha value is -8.36. The number of hydrogen-bond donors (Lipinski definition) is 0. The summed E-state index contributed by atoms with van der Waals surface area (Å²) >= 11 is 0. The third kappa shape index (κ3) is 12.8. The zero-order chi connectivity index (χ0) is 53.6. The number of rotatable bonds is 11. The molecule has 0 unspecified atom stereocenters. The van der Waals surface area contributed by atoms with E-state index in [1.165, 1.54) is 25.7 Å². The number of methoxy groups -OCH3 is 4. The van der Waals surface area contributed by atoms with E-state index in [4.69, 9.17) is 49.4 Å². The minimum Gasteiger partial charge on any atom is -0.868 e. The van der Waals surface area contributed by atoms with Gasteiger partial charge >= 0.3 is 19.5 Å². The van der Waals surface area contributed by atoms with Gasteiger partial charge in [-0.25, -0.2) is 17.6 Å². The molecule has 8 bridgehead atoms. The summed E-state index contributed by atoms with van der Waals surface area (Å²) in [6.45, 7) is 4.46. The normalized spacial score (nSPS) is 11.4. The quantitative estimate of drug-likeness (QED) is 0.0402. The van der Waals surface area contributed by atoms with Crippen LogP contribution in [0.4, 0.5) is 17.6 Å². The molecule has 0 spiro atoms. The molecule has 0 saturated heterocycles. The van der Waals surface area contributed by atoms with Crippen LogP contribution in [0.2, 0.25) is 0 Å². The van der Waals surface area contributed by atoms with Crippen LogP contribution in [0.1, 0.15) is 107 Å². The van der Waals surface area contributed by atoms with E-state index < -0.39 is 29.0 Å². The molecule has 4 aromatic heterocycles. The summed E-state index contributed by atoms with van der Waals surface area (Å²) in [7, 11) is 6.67. The molecule has 5 aromatic carbocycles. The van der Waals surface area contributed by atoms with Gasteiger partial charge in [0.05, 0.1) is 50.7 Å². The molecule has 0 fully saturated rings. The van der Waals surface area contributed by atoms with Crippen molar-refractivity contribution in [2.24, 2.45) is 0 Å². The number of aromatic nitrogens is 4. The van der Waals surface area contributed by atoms with Crippen LogP contribution in [-0.4, -0.2) is 28.4 Å². The predicted molar refractivity (Wildman–Crippen MR) is 274 cm³/mol. The van der Waals surface area contributed by atoms with Crippen molar-refractivity contribution < 1.29 is 61.1 Å². The molecule has 1 aliphatic rings. The second-order valence-corrected chi connectivity index (χ2v) is 16.8. The summed E-state index contributed by atoms with van der Waals surface area (Å²) in [6.07, 6.45) is 5.54. The molecular weight excluding hydrogens is 1060 g/mol. The average molecular weight is 1120 g/mol. The smallest absolute Gasteiger partial charge is 0.868 e. The minimum absolute atomic E-state index is 0. The number of nitrogens with zero attached hydrogens (tertiary/aromatic N) is 5. The molecular formula is C60H51F4N5O6Ru. The summed E-state index contributed by atoms with van der Waals surface area (Å²) in [4.78, 5) is 28.6. The number of hydrogen-bond acceptors (Lipinski definition) is 6. The third-order valence-corrected chi connectivity index (χ3v) is 12.2. The van der Waals surface area contributed by atoms with Crippen LogP contribution < -0.4 is 49.6 Å². The van der Waals surface area contributed by atoms with Gasteiger partial charge in [-0.15, -0.1) is 4.91 Å². The number of fused-ring (bicyclic) bond motifs is 8. The van der Waals surface area contributed by atoms with Crippen LogP contribution in [0.15, 0.2) is 152 Å².